The van der Waals surface area contributed by atoms with E-state index in [1.165, 1.54) is 18.2 Å². The zero-order valence-electron chi connectivity index (χ0n) is 21.6. The Labute approximate surface area is 200 Å². The van der Waals surface area contributed by atoms with Gasteiger partial charge in [-0.05, 0) is 44.2 Å². The Balaban J connectivity index is 1.55. The fraction of sp³-hybridized carbons (Fsp3) is 0.385. The van der Waals surface area contributed by atoms with E-state index in [0.717, 1.165) is 17.0 Å². The van der Waals surface area contributed by atoms with Gasteiger partial charge < -0.3 is 19.5 Å². The molecule has 1 aromatic heterocycles. The van der Waals surface area contributed by atoms with E-state index in [4.69, 9.17) is 13.8 Å². The summed E-state index contributed by atoms with van der Waals surface area (Å²) in [6.07, 6.45) is 0.177. The number of imidazole rings is 1. The molecular weight excluding hydrogens is 438 g/mol. The highest BCUT2D eigenvalue weighted by Gasteiger charge is 2.45. The molecule has 8 heteroatoms. The molecule has 0 aliphatic carbocycles. The molecule has 3 atom stereocenters. The lowest BCUT2D eigenvalue weighted by atomic mass is 9.80. The van der Waals surface area contributed by atoms with Gasteiger partial charge in [-0.25, -0.2) is 4.98 Å². The fourth-order valence-electron chi connectivity index (χ4n) is 5.20. The van der Waals surface area contributed by atoms with Gasteiger partial charge in [0.25, 0.3) is 5.91 Å². The van der Waals surface area contributed by atoms with E-state index in [-0.39, 0.29) is 34.8 Å². The van der Waals surface area contributed by atoms with Gasteiger partial charge in [0.15, 0.2) is 0 Å². The van der Waals surface area contributed by atoms with Gasteiger partial charge in [-0.2, -0.15) is 8.78 Å². The molecule has 0 saturated carbocycles. The van der Waals surface area contributed by atoms with Crippen molar-refractivity contribution in [3.63, 3.8) is 0 Å². The van der Waals surface area contributed by atoms with Crippen molar-refractivity contribution in [2.45, 2.75) is 44.5 Å². The van der Waals surface area contributed by atoms with E-state index < -0.39 is 31.6 Å². The summed E-state index contributed by atoms with van der Waals surface area (Å²) in [5, 5.41) is 3.35. The molecule has 0 spiro atoms. The summed E-state index contributed by atoms with van der Waals surface area (Å²) in [7, 11) is 0. The number of hydrogen-bond acceptors (Lipinski definition) is 4. The molecule has 1 saturated heterocycles. The normalized spacial score (nSPS) is 25.9. The van der Waals surface area contributed by atoms with Crippen molar-refractivity contribution >= 4 is 16.9 Å². The van der Waals surface area contributed by atoms with Crippen LogP contribution >= 0.6 is 0 Å². The molecule has 6 nitrogen and oxygen atoms in total. The topological polar surface area (TPSA) is 59.4 Å². The number of carbonyl (C=O) groups is 1. The van der Waals surface area contributed by atoms with Crippen LogP contribution in [0.2, 0.25) is 0 Å². The summed E-state index contributed by atoms with van der Waals surface area (Å²) in [5.41, 5.74) is 2.28. The standard InChI is InChI=1S/C26H24F2N4O2/c1-26(2)15(13-29-26)9-7-14-8-10-17-18(11-14)32-19-12-20(23(32)30-17)31(3)24(33)16-5-4-6-21(22(16)19)34-25(27)28/h4-6,8,10-11,15,19-20,25,29H,12-13H2,1-3H3/t15?,19-,20-/m1/s1/i3D3. The van der Waals surface area contributed by atoms with Crippen LogP contribution in [0.3, 0.4) is 0 Å². The van der Waals surface area contributed by atoms with E-state index in [1.54, 1.807) is 0 Å². The van der Waals surface area contributed by atoms with E-state index in [2.05, 4.69) is 31.0 Å². The Kier molecular flexibility index (Phi) is 3.84. The Hall–Kier alpha value is -3.44. The molecule has 6 rings (SSSR count). The van der Waals surface area contributed by atoms with Gasteiger partial charge in [-0.3, -0.25) is 4.79 Å². The summed E-state index contributed by atoms with van der Waals surface area (Å²) in [6.45, 7) is -0.856. The average molecular weight is 466 g/mol. The van der Waals surface area contributed by atoms with Crippen LogP contribution < -0.4 is 10.1 Å². The monoisotopic (exact) mass is 465 g/mol. The van der Waals surface area contributed by atoms with Crippen LogP contribution in [0.1, 0.15) is 63.8 Å². The number of benzene rings is 2. The van der Waals surface area contributed by atoms with E-state index in [9.17, 15) is 13.6 Å². The van der Waals surface area contributed by atoms with Crippen molar-refractivity contribution in [1.82, 2.24) is 19.8 Å². The van der Waals surface area contributed by atoms with Crippen molar-refractivity contribution in [2.75, 3.05) is 13.5 Å². The van der Waals surface area contributed by atoms with Gasteiger partial charge in [0.05, 0.1) is 29.0 Å². The molecular formula is C26H24F2N4O2. The van der Waals surface area contributed by atoms with Gasteiger partial charge in [-0.1, -0.05) is 17.9 Å². The van der Waals surface area contributed by atoms with Crippen LogP contribution in [0.5, 0.6) is 5.75 Å². The zero-order chi connectivity index (χ0) is 26.3. The second-order valence-electron chi connectivity index (χ2n) is 9.51. The number of carbonyl (C=O) groups excluding carboxylic acids is 1. The molecule has 1 amide bonds. The van der Waals surface area contributed by atoms with Crippen molar-refractivity contribution in [1.29, 1.82) is 0 Å². The molecule has 34 heavy (non-hydrogen) atoms. The molecule has 1 unspecified atom stereocenters. The quantitative estimate of drug-likeness (QED) is 0.579. The summed E-state index contributed by atoms with van der Waals surface area (Å²) in [4.78, 5) is 19.0. The lowest BCUT2D eigenvalue weighted by Crippen LogP contribution is -2.60. The number of halogens is 2. The predicted octanol–water partition coefficient (Wildman–Crippen LogP) is 4.11. The Morgan fingerprint density at radius 2 is 2.15 bits per heavy atom. The fourth-order valence-corrected chi connectivity index (χ4v) is 5.20. The van der Waals surface area contributed by atoms with Gasteiger partial charge in [0.1, 0.15) is 11.6 Å². The maximum absolute atomic E-state index is 13.5. The summed E-state index contributed by atoms with van der Waals surface area (Å²) in [5.74, 6) is 6.25. The minimum Gasteiger partial charge on any atom is -0.434 e. The molecule has 3 aliphatic heterocycles. The first kappa shape index (κ1) is 18.0. The number of nitrogens with zero attached hydrogens (tertiary/aromatic N) is 3. The van der Waals surface area contributed by atoms with Crippen LogP contribution in [-0.4, -0.2) is 46.0 Å². The maximum Gasteiger partial charge on any atom is 0.387 e. The number of rotatable bonds is 2. The molecule has 0 radical (unpaired) electrons. The van der Waals surface area contributed by atoms with Gasteiger partial charge in [0, 0.05) is 46.3 Å². The number of aromatic nitrogens is 2. The lowest BCUT2D eigenvalue weighted by molar-refractivity contribution is -0.0507. The van der Waals surface area contributed by atoms with Crippen molar-refractivity contribution in [2.24, 2.45) is 5.92 Å². The minimum absolute atomic E-state index is 0.0323. The molecule has 3 aliphatic rings. The van der Waals surface area contributed by atoms with Crippen LogP contribution in [0.4, 0.5) is 8.78 Å². The molecule has 3 aromatic rings. The third-order valence-electron chi connectivity index (χ3n) is 7.17. The third-order valence-corrected chi connectivity index (χ3v) is 7.17. The highest BCUT2D eigenvalue weighted by molar-refractivity contribution is 5.97. The van der Waals surface area contributed by atoms with Gasteiger partial charge in [-0.15, -0.1) is 0 Å². The molecule has 4 heterocycles. The highest BCUT2D eigenvalue weighted by Crippen LogP contribution is 2.49. The third kappa shape index (κ3) is 3.03. The molecule has 174 valence electrons. The Morgan fingerprint density at radius 3 is 2.85 bits per heavy atom. The van der Waals surface area contributed by atoms with Crippen LogP contribution in [-0.2, 0) is 0 Å². The number of nitrogens with one attached hydrogen (secondary N) is 1. The number of hydrogen-bond donors (Lipinski definition) is 1. The lowest BCUT2D eigenvalue weighted by Gasteiger charge is -2.42. The van der Waals surface area contributed by atoms with Crippen LogP contribution in [0.15, 0.2) is 36.4 Å². The highest BCUT2D eigenvalue weighted by atomic mass is 19.3. The maximum atomic E-state index is 13.5. The first-order valence-corrected chi connectivity index (χ1v) is 11.2. The molecule has 1 fully saturated rings. The molecule has 1 N–H and O–H groups in total. The van der Waals surface area contributed by atoms with Crippen LogP contribution in [0.25, 0.3) is 11.0 Å². The Bertz CT molecular complexity index is 1510. The summed E-state index contributed by atoms with van der Waals surface area (Å²) >= 11 is 0. The van der Waals surface area contributed by atoms with E-state index in [1.807, 2.05) is 22.8 Å². The average Bonchev–Trinajstić information content (AvgIpc) is 3.30. The minimum atomic E-state index is -3.10. The van der Waals surface area contributed by atoms with Crippen LogP contribution in [0, 0.1) is 17.8 Å². The number of alkyl halides is 2. The first-order chi connectivity index (χ1) is 17.5. The smallest absolute Gasteiger partial charge is 0.387 e. The summed E-state index contributed by atoms with van der Waals surface area (Å²) in [6, 6.07) is 8.32. The number of fused-ring (bicyclic) bond motifs is 9. The first-order valence-electron chi connectivity index (χ1n) is 12.7. The van der Waals surface area contributed by atoms with Crippen molar-refractivity contribution in [3.8, 4) is 17.6 Å². The zero-order valence-corrected chi connectivity index (χ0v) is 18.6. The molecule has 2 aromatic carbocycles. The van der Waals surface area contributed by atoms with Gasteiger partial charge in [0.2, 0.25) is 0 Å². The van der Waals surface area contributed by atoms with E-state index in [0.29, 0.717) is 16.9 Å². The number of ether oxygens (including phenoxy) is 1. The van der Waals surface area contributed by atoms with Crippen molar-refractivity contribution in [3.05, 3.63) is 58.9 Å². The predicted molar refractivity (Wildman–Crippen MR) is 123 cm³/mol. The number of amides is 1. The van der Waals surface area contributed by atoms with Gasteiger partial charge >= 0.3 is 6.61 Å². The largest absolute Gasteiger partial charge is 0.434 e. The summed E-state index contributed by atoms with van der Waals surface area (Å²) < 4.78 is 57.6. The van der Waals surface area contributed by atoms with E-state index >= 15 is 0 Å². The van der Waals surface area contributed by atoms with Crippen molar-refractivity contribution < 1.29 is 22.4 Å². The second-order valence-corrected chi connectivity index (χ2v) is 9.51. The second kappa shape index (κ2) is 7.28. The molecule has 2 bridgehead atoms. The SMILES string of the molecule is [2H]C([2H])([2H])N1C(=O)c2cccc(OC(F)F)c2[C@H]2C[C@@H]1c1nc3ccc(C#CC4CNC4(C)C)cc3n12. The Morgan fingerprint density at radius 1 is 1.29 bits per heavy atom.